The smallest absolute Gasteiger partial charge is 0.457 e. The molecule has 0 aromatic rings. The average Bonchev–Trinajstić information content (AvgIpc) is 3.19. The molecule has 0 saturated carbocycles. The molecular formula is C50H91NO7P+. The van der Waals surface area contributed by atoms with Crippen LogP contribution >= 0.6 is 7.82 Å². The van der Waals surface area contributed by atoms with Gasteiger partial charge in [0, 0.05) is 13.0 Å². The summed E-state index contributed by atoms with van der Waals surface area (Å²) in [6, 6.07) is 0. The van der Waals surface area contributed by atoms with Crippen LogP contribution in [0.1, 0.15) is 181 Å². The lowest BCUT2D eigenvalue weighted by molar-refractivity contribution is -0.870. The van der Waals surface area contributed by atoms with Gasteiger partial charge in [-0.3, -0.25) is 13.8 Å². The first kappa shape index (κ1) is 56.9. The highest BCUT2D eigenvalue weighted by Crippen LogP contribution is 2.43. The van der Waals surface area contributed by atoms with Crippen molar-refractivity contribution >= 4 is 13.8 Å². The number of unbranched alkanes of at least 4 members (excludes halogenated alkanes) is 17. The second-order valence-corrected chi connectivity index (χ2v) is 18.2. The Kier molecular flexibility index (Phi) is 41.1. The molecule has 0 radical (unpaired) electrons. The molecule has 9 heteroatoms. The van der Waals surface area contributed by atoms with Gasteiger partial charge in [0.2, 0.25) is 0 Å². The van der Waals surface area contributed by atoms with Crippen molar-refractivity contribution in [1.29, 1.82) is 0 Å². The van der Waals surface area contributed by atoms with E-state index in [1.165, 1.54) is 77.0 Å². The number of phosphoric acid groups is 1. The average molecular weight is 849 g/mol. The van der Waals surface area contributed by atoms with Crippen LogP contribution in [0, 0.1) is 0 Å². The van der Waals surface area contributed by atoms with Crippen molar-refractivity contribution in [2.24, 2.45) is 0 Å². The summed E-state index contributed by atoms with van der Waals surface area (Å²) in [6.45, 7) is 5.45. The molecule has 1 N–H and O–H groups in total. The Hall–Kier alpha value is -2.06. The van der Waals surface area contributed by atoms with E-state index in [-0.39, 0.29) is 25.8 Å². The normalized spacial score (nSPS) is 14.3. The quantitative estimate of drug-likeness (QED) is 0.0215. The highest BCUT2D eigenvalue weighted by atomic mass is 31.2. The summed E-state index contributed by atoms with van der Waals surface area (Å²) in [5.41, 5.74) is 0. The Morgan fingerprint density at radius 1 is 0.542 bits per heavy atom. The molecule has 0 spiro atoms. The number of esters is 1. The number of phosphoric ester groups is 1. The summed E-state index contributed by atoms with van der Waals surface area (Å²) in [5, 5.41) is 0. The van der Waals surface area contributed by atoms with E-state index in [9.17, 15) is 14.3 Å². The summed E-state index contributed by atoms with van der Waals surface area (Å²) in [7, 11) is 1.65. The minimum absolute atomic E-state index is 0.0820. The fourth-order valence-electron chi connectivity index (χ4n) is 6.10. The first-order chi connectivity index (χ1) is 28.6. The predicted molar refractivity (Wildman–Crippen MR) is 252 cm³/mol. The standard InChI is InChI=1S/C50H90NO7P/c1-6-8-10-12-14-16-18-20-21-22-23-24-25-26-27-28-29-30-32-34-36-38-40-42-45-55-47-49(48-57-59(53,54)56-46-44-51(3,4)5)58-50(52)43-41-39-37-35-33-31-19-17-15-13-11-9-7-2/h8,10,14,16-17,19-21,23-24,26-27,49H,6-7,9,11-13,15,18,22,25,28-48H2,1-5H3/p+1/b10-8-,16-14-,19-17-,21-20-,24-23-,27-26-. The van der Waals surface area contributed by atoms with Crippen molar-refractivity contribution in [2.45, 2.75) is 187 Å². The van der Waals surface area contributed by atoms with Crippen molar-refractivity contribution in [1.82, 2.24) is 0 Å². The molecule has 0 amide bonds. The first-order valence-corrected chi connectivity index (χ1v) is 25.2. The van der Waals surface area contributed by atoms with E-state index < -0.39 is 13.9 Å². The molecule has 2 unspecified atom stereocenters. The molecule has 0 aliphatic heterocycles. The van der Waals surface area contributed by atoms with Crippen LogP contribution in [0.3, 0.4) is 0 Å². The number of nitrogens with zero attached hydrogens (tertiary/aromatic N) is 1. The summed E-state index contributed by atoms with van der Waals surface area (Å²) < 4.78 is 35.0. The van der Waals surface area contributed by atoms with Crippen LogP contribution in [-0.2, 0) is 27.9 Å². The third-order valence-corrected chi connectivity index (χ3v) is 10.7. The lowest BCUT2D eigenvalue weighted by Gasteiger charge is -2.24. The molecule has 0 aromatic heterocycles. The van der Waals surface area contributed by atoms with Crippen molar-refractivity contribution < 1.29 is 37.3 Å². The number of carbonyl (C=O) groups excluding carboxylic acids is 1. The Morgan fingerprint density at radius 3 is 1.49 bits per heavy atom. The zero-order valence-electron chi connectivity index (χ0n) is 38.7. The molecule has 0 aliphatic rings. The third kappa shape index (κ3) is 46.9. The largest absolute Gasteiger partial charge is 0.472 e. The second-order valence-electron chi connectivity index (χ2n) is 16.8. The maximum atomic E-state index is 12.7. The van der Waals surface area contributed by atoms with Crippen LogP contribution in [0.15, 0.2) is 72.9 Å². The fraction of sp³-hybridized carbons (Fsp3) is 0.740. The molecule has 0 aliphatic carbocycles. The van der Waals surface area contributed by atoms with Gasteiger partial charge >= 0.3 is 13.8 Å². The molecule has 8 nitrogen and oxygen atoms in total. The van der Waals surface area contributed by atoms with Crippen molar-refractivity contribution in [3.8, 4) is 0 Å². The third-order valence-electron chi connectivity index (χ3n) is 9.75. The maximum absolute atomic E-state index is 12.7. The molecule has 0 aromatic carbocycles. The van der Waals surface area contributed by atoms with E-state index in [1.54, 1.807) is 0 Å². The Labute approximate surface area is 363 Å². The topological polar surface area (TPSA) is 91.3 Å². The van der Waals surface area contributed by atoms with Gasteiger partial charge in [0.25, 0.3) is 0 Å². The van der Waals surface area contributed by atoms with E-state index in [4.69, 9.17) is 18.5 Å². The molecule has 0 rings (SSSR count). The van der Waals surface area contributed by atoms with Crippen LogP contribution in [-0.4, -0.2) is 75.6 Å². The van der Waals surface area contributed by atoms with Crippen molar-refractivity contribution in [3.63, 3.8) is 0 Å². The Morgan fingerprint density at radius 2 is 0.983 bits per heavy atom. The number of quaternary nitrogens is 1. The molecule has 0 heterocycles. The van der Waals surface area contributed by atoms with Gasteiger partial charge in [-0.15, -0.1) is 0 Å². The summed E-state index contributed by atoms with van der Waals surface area (Å²) in [5.74, 6) is -0.329. The first-order valence-electron chi connectivity index (χ1n) is 23.7. The van der Waals surface area contributed by atoms with Crippen LogP contribution < -0.4 is 0 Å². The molecule has 342 valence electrons. The fourth-order valence-corrected chi connectivity index (χ4v) is 6.84. The van der Waals surface area contributed by atoms with Gasteiger partial charge in [-0.25, -0.2) is 4.57 Å². The van der Waals surface area contributed by atoms with Crippen molar-refractivity contribution in [3.05, 3.63) is 72.9 Å². The highest BCUT2D eigenvalue weighted by molar-refractivity contribution is 7.47. The molecule has 2 atom stereocenters. The van der Waals surface area contributed by atoms with Gasteiger partial charge in [0.1, 0.15) is 19.3 Å². The van der Waals surface area contributed by atoms with E-state index >= 15 is 0 Å². The van der Waals surface area contributed by atoms with Crippen molar-refractivity contribution in [2.75, 3.05) is 54.1 Å². The molecule has 0 saturated heterocycles. The van der Waals surface area contributed by atoms with Crippen LogP contribution in [0.25, 0.3) is 0 Å². The second kappa shape index (κ2) is 42.6. The van der Waals surface area contributed by atoms with E-state index in [1.807, 2.05) is 21.1 Å². The van der Waals surface area contributed by atoms with E-state index in [0.717, 1.165) is 83.5 Å². The lowest BCUT2D eigenvalue weighted by Crippen LogP contribution is -2.37. The number of likely N-dealkylation sites (N-methyl/N-ethyl adjacent to an activating group) is 1. The zero-order chi connectivity index (χ0) is 43.4. The zero-order valence-corrected chi connectivity index (χ0v) is 39.6. The van der Waals surface area contributed by atoms with E-state index in [0.29, 0.717) is 24.1 Å². The number of hydrogen-bond acceptors (Lipinski definition) is 6. The summed E-state index contributed by atoms with van der Waals surface area (Å²) >= 11 is 0. The molecule has 59 heavy (non-hydrogen) atoms. The van der Waals surface area contributed by atoms with Gasteiger partial charge in [-0.05, 0) is 83.5 Å². The van der Waals surface area contributed by atoms with Gasteiger partial charge in [0.15, 0.2) is 0 Å². The number of allylic oxidation sites excluding steroid dienone is 12. The monoisotopic (exact) mass is 849 g/mol. The number of ether oxygens (including phenoxy) is 2. The van der Waals surface area contributed by atoms with Gasteiger partial charge in [-0.2, -0.15) is 0 Å². The SMILES string of the molecule is CC/C=C\C/C=C\C/C=C\C/C=C\C/C=C\CCCCCCCCCCOCC(COP(=O)(O)OCC[N+](C)(C)C)OC(=O)CCCCCCC/C=C\CCCCCC. The number of hydrogen-bond donors (Lipinski definition) is 1. The van der Waals surface area contributed by atoms with Crippen LogP contribution in [0.2, 0.25) is 0 Å². The number of rotatable bonds is 43. The van der Waals surface area contributed by atoms with Gasteiger partial charge in [-0.1, -0.05) is 164 Å². The van der Waals surface area contributed by atoms with Crippen LogP contribution in [0.5, 0.6) is 0 Å². The summed E-state index contributed by atoms with van der Waals surface area (Å²) in [6.07, 6.45) is 55.1. The minimum Gasteiger partial charge on any atom is -0.457 e. The predicted octanol–water partition coefficient (Wildman–Crippen LogP) is 14.3. The molecule has 0 fully saturated rings. The highest BCUT2D eigenvalue weighted by Gasteiger charge is 2.26. The molecular weight excluding hydrogens is 758 g/mol. The Bertz CT molecular complexity index is 1170. The summed E-state index contributed by atoms with van der Waals surface area (Å²) in [4.78, 5) is 22.9. The van der Waals surface area contributed by atoms with Gasteiger partial charge in [0.05, 0.1) is 34.4 Å². The molecule has 0 bridgehead atoms. The van der Waals surface area contributed by atoms with Crippen LogP contribution in [0.4, 0.5) is 0 Å². The maximum Gasteiger partial charge on any atom is 0.472 e. The van der Waals surface area contributed by atoms with Gasteiger partial charge < -0.3 is 18.9 Å². The van der Waals surface area contributed by atoms with E-state index in [2.05, 4.69) is 86.8 Å². The lowest BCUT2D eigenvalue weighted by atomic mass is 10.1. The Balaban J connectivity index is 4.18. The number of carbonyl (C=O) groups is 1. The minimum atomic E-state index is -4.28.